The molecule has 0 saturated heterocycles. The van der Waals surface area contributed by atoms with Crippen LogP contribution in [0, 0.1) is 20.8 Å². The summed E-state index contributed by atoms with van der Waals surface area (Å²) in [4.78, 5) is 0.205. The molecule has 0 spiro atoms. The van der Waals surface area contributed by atoms with Crippen molar-refractivity contribution in [3.05, 3.63) is 83.7 Å². The summed E-state index contributed by atoms with van der Waals surface area (Å²) in [5.41, 5.74) is 3.28. The molecule has 0 fully saturated rings. The van der Waals surface area contributed by atoms with Crippen LogP contribution in [0.25, 0.3) is 5.82 Å². The highest BCUT2D eigenvalue weighted by atomic mass is 32.2. The Kier molecular flexibility index (Phi) is 5.43. The molecule has 0 amide bonds. The predicted octanol–water partition coefficient (Wildman–Crippen LogP) is 4.18. The van der Waals surface area contributed by atoms with Crippen molar-refractivity contribution in [1.82, 2.24) is 20.0 Å². The van der Waals surface area contributed by atoms with Crippen molar-refractivity contribution in [2.75, 3.05) is 4.72 Å². The fraction of sp³-hybridized carbons (Fsp3) is 0.136. The van der Waals surface area contributed by atoms with Gasteiger partial charge in [-0.15, -0.1) is 10.2 Å². The van der Waals surface area contributed by atoms with E-state index >= 15 is 0 Å². The van der Waals surface area contributed by atoms with Gasteiger partial charge in [-0.3, -0.25) is 4.72 Å². The zero-order valence-corrected chi connectivity index (χ0v) is 18.1. The summed E-state index contributed by atoms with van der Waals surface area (Å²) in [6.45, 7) is 5.76. The van der Waals surface area contributed by atoms with Crippen molar-refractivity contribution in [1.29, 1.82) is 0 Å². The Morgan fingerprint density at radius 1 is 0.871 bits per heavy atom. The quantitative estimate of drug-likeness (QED) is 0.488. The van der Waals surface area contributed by atoms with Crippen molar-refractivity contribution in [3.8, 4) is 17.4 Å². The Labute approximate surface area is 180 Å². The largest absolute Gasteiger partial charge is 0.438 e. The number of aryl methyl sites for hydroxylation is 3. The van der Waals surface area contributed by atoms with E-state index in [1.807, 2.05) is 26.8 Å². The number of anilines is 1. The molecular weight excluding hydrogens is 414 g/mol. The normalized spacial score (nSPS) is 11.3. The lowest BCUT2D eigenvalue weighted by molar-refractivity contribution is 0.454. The van der Waals surface area contributed by atoms with E-state index in [1.54, 1.807) is 65.3 Å². The standard InChI is InChI=1S/C22H21N5O3S/c1-15-4-10-20(11-5-15)31(28,29)26-18-6-8-19(9-7-18)30-22-13-12-21(23-24-22)27-17(3)14-16(2)25-27/h4-14,26H,1-3H3. The van der Waals surface area contributed by atoms with Gasteiger partial charge in [0.15, 0.2) is 5.82 Å². The number of nitrogens with one attached hydrogen (secondary N) is 1. The fourth-order valence-corrected chi connectivity index (χ4v) is 4.04. The third-order valence-corrected chi connectivity index (χ3v) is 5.91. The number of sulfonamides is 1. The molecular formula is C22H21N5O3S. The number of hydrogen-bond donors (Lipinski definition) is 1. The second-order valence-corrected chi connectivity index (χ2v) is 8.80. The van der Waals surface area contributed by atoms with Gasteiger partial charge in [0.1, 0.15) is 5.75 Å². The van der Waals surface area contributed by atoms with Crippen LogP contribution in [0.1, 0.15) is 17.0 Å². The first-order chi connectivity index (χ1) is 14.8. The molecule has 0 unspecified atom stereocenters. The molecule has 0 aliphatic carbocycles. The Hall–Kier alpha value is -3.72. The molecule has 0 atom stereocenters. The molecule has 8 nitrogen and oxygen atoms in total. The van der Waals surface area contributed by atoms with Crippen LogP contribution < -0.4 is 9.46 Å². The van der Waals surface area contributed by atoms with Crippen LogP contribution in [0.2, 0.25) is 0 Å². The van der Waals surface area contributed by atoms with E-state index in [9.17, 15) is 8.42 Å². The molecule has 2 heterocycles. The first kappa shape index (κ1) is 20.5. The van der Waals surface area contributed by atoms with E-state index in [4.69, 9.17) is 4.74 Å². The van der Waals surface area contributed by atoms with Crippen molar-refractivity contribution in [2.24, 2.45) is 0 Å². The maximum Gasteiger partial charge on any atom is 0.261 e. The number of aromatic nitrogens is 4. The van der Waals surface area contributed by atoms with Gasteiger partial charge < -0.3 is 4.74 Å². The van der Waals surface area contributed by atoms with E-state index in [-0.39, 0.29) is 4.90 Å². The van der Waals surface area contributed by atoms with Crippen LogP contribution >= 0.6 is 0 Å². The molecule has 4 aromatic rings. The van der Waals surface area contributed by atoms with Gasteiger partial charge in [0.05, 0.1) is 10.6 Å². The van der Waals surface area contributed by atoms with Crippen LogP contribution in [0.4, 0.5) is 5.69 Å². The smallest absolute Gasteiger partial charge is 0.261 e. The van der Waals surface area contributed by atoms with Crippen molar-refractivity contribution in [3.63, 3.8) is 0 Å². The molecule has 0 saturated carbocycles. The average Bonchev–Trinajstić information content (AvgIpc) is 3.08. The Bertz CT molecular complexity index is 1300. The Morgan fingerprint density at radius 3 is 2.16 bits per heavy atom. The van der Waals surface area contributed by atoms with E-state index in [2.05, 4.69) is 20.0 Å². The fourth-order valence-electron chi connectivity index (χ4n) is 2.98. The molecule has 31 heavy (non-hydrogen) atoms. The topological polar surface area (TPSA) is 99.0 Å². The van der Waals surface area contributed by atoms with Crippen LogP contribution in [0.5, 0.6) is 11.6 Å². The second kappa shape index (κ2) is 8.19. The Balaban J connectivity index is 1.44. The summed E-state index contributed by atoms with van der Waals surface area (Å²) in [5, 5.41) is 12.6. The number of rotatable bonds is 6. The minimum Gasteiger partial charge on any atom is -0.438 e. The van der Waals surface area contributed by atoms with Gasteiger partial charge in [-0.05, 0) is 69.3 Å². The predicted molar refractivity (Wildman–Crippen MR) is 117 cm³/mol. The summed E-state index contributed by atoms with van der Waals surface area (Å²) in [6, 6.07) is 18.6. The van der Waals surface area contributed by atoms with E-state index in [1.165, 1.54) is 0 Å². The summed E-state index contributed by atoms with van der Waals surface area (Å²) < 4.78 is 35.0. The van der Waals surface area contributed by atoms with Crippen LogP contribution in [-0.4, -0.2) is 28.4 Å². The molecule has 0 bridgehead atoms. The first-order valence-electron chi connectivity index (χ1n) is 9.55. The van der Waals surface area contributed by atoms with Gasteiger partial charge in [0.25, 0.3) is 10.0 Å². The lowest BCUT2D eigenvalue weighted by Gasteiger charge is -2.10. The van der Waals surface area contributed by atoms with Crippen molar-refractivity contribution in [2.45, 2.75) is 25.7 Å². The molecule has 0 aliphatic rings. The molecule has 0 radical (unpaired) electrons. The van der Waals surface area contributed by atoms with Crippen molar-refractivity contribution < 1.29 is 13.2 Å². The molecule has 0 aliphatic heterocycles. The maximum atomic E-state index is 12.5. The highest BCUT2D eigenvalue weighted by molar-refractivity contribution is 7.92. The van der Waals surface area contributed by atoms with Gasteiger partial charge in [-0.25, -0.2) is 13.1 Å². The van der Waals surface area contributed by atoms with Gasteiger partial charge >= 0.3 is 0 Å². The summed E-state index contributed by atoms with van der Waals surface area (Å²) in [6.07, 6.45) is 0. The molecule has 2 aromatic heterocycles. The Morgan fingerprint density at radius 2 is 1.58 bits per heavy atom. The summed E-state index contributed by atoms with van der Waals surface area (Å²) >= 11 is 0. The number of ether oxygens (including phenoxy) is 1. The zero-order valence-electron chi connectivity index (χ0n) is 17.3. The minimum atomic E-state index is -3.66. The lowest BCUT2D eigenvalue weighted by atomic mass is 10.2. The summed E-state index contributed by atoms with van der Waals surface area (Å²) in [7, 11) is -3.66. The monoisotopic (exact) mass is 435 g/mol. The van der Waals surface area contributed by atoms with E-state index in [0.29, 0.717) is 23.1 Å². The average molecular weight is 436 g/mol. The molecule has 4 rings (SSSR count). The molecule has 2 aromatic carbocycles. The van der Waals surface area contributed by atoms with E-state index in [0.717, 1.165) is 17.0 Å². The van der Waals surface area contributed by atoms with Gasteiger partial charge in [-0.1, -0.05) is 17.7 Å². The highest BCUT2D eigenvalue weighted by Gasteiger charge is 2.14. The minimum absolute atomic E-state index is 0.205. The zero-order chi connectivity index (χ0) is 22.0. The van der Waals surface area contributed by atoms with Gasteiger partial charge in [0.2, 0.25) is 5.88 Å². The summed E-state index contributed by atoms with van der Waals surface area (Å²) in [5.74, 6) is 1.42. The molecule has 1 N–H and O–H groups in total. The maximum absolute atomic E-state index is 12.5. The van der Waals surface area contributed by atoms with Gasteiger partial charge in [0, 0.05) is 17.4 Å². The van der Waals surface area contributed by atoms with Crippen LogP contribution in [0.15, 0.2) is 71.6 Å². The third kappa shape index (κ3) is 4.72. The van der Waals surface area contributed by atoms with Gasteiger partial charge in [-0.2, -0.15) is 5.10 Å². The first-order valence-corrected chi connectivity index (χ1v) is 11.0. The van der Waals surface area contributed by atoms with Crippen LogP contribution in [0.3, 0.4) is 0 Å². The third-order valence-electron chi connectivity index (χ3n) is 4.51. The lowest BCUT2D eigenvalue weighted by Crippen LogP contribution is -2.12. The highest BCUT2D eigenvalue weighted by Crippen LogP contribution is 2.23. The number of benzene rings is 2. The molecule has 158 valence electrons. The van der Waals surface area contributed by atoms with Crippen molar-refractivity contribution >= 4 is 15.7 Å². The van der Waals surface area contributed by atoms with E-state index < -0.39 is 10.0 Å². The molecule has 9 heteroatoms. The second-order valence-electron chi connectivity index (χ2n) is 7.11. The SMILES string of the molecule is Cc1ccc(S(=O)(=O)Nc2ccc(Oc3ccc(-n4nc(C)cc4C)nn3)cc2)cc1. The number of nitrogens with zero attached hydrogens (tertiary/aromatic N) is 4. The number of hydrogen-bond acceptors (Lipinski definition) is 6. The van der Waals surface area contributed by atoms with Crippen LogP contribution in [-0.2, 0) is 10.0 Å².